The Labute approximate surface area is 121 Å². The highest BCUT2D eigenvalue weighted by atomic mass is 79.9. The van der Waals surface area contributed by atoms with E-state index in [4.69, 9.17) is 0 Å². The molecule has 7 heteroatoms. The lowest BCUT2D eigenvalue weighted by molar-refractivity contribution is 0.560. The Bertz CT molecular complexity index is 459. The molecule has 0 aliphatic heterocycles. The Morgan fingerprint density at radius 3 is 2.72 bits per heavy atom. The van der Waals surface area contributed by atoms with Gasteiger partial charge in [0.25, 0.3) is 0 Å². The highest BCUT2D eigenvalue weighted by Crippen LogP contribution is 2.22. The fourth-order valence-electron chi connectivity index (χ4n) is 1.40. The van der Waals surface area contributed by atoms with Gasteiger partial charge in [-0.05, 0) is 48.0 Å². The van der Waals surface area contributed by atoms with Gasteiger partial charge in [-0.15, -0.1) is 11.3 Å². The van der Waals surface area contributed by atoms with Gasteiger partial charge >= 0.3 is 0 Å². The second kappa shape index (κ2) is 7.59. The number of thiophene rings is 1. The zero-order valence-electron chi connectivity index (χ0n) is 10.6. The molecule has 0 aliphatic rings. The summed E-state index contributed by atoms with van der Waals surface area (Å²) in [5.41, 5.74) is 0. The lowest BCUT2D eigenvalue weighted by Crippen LogP contribution is -2.39. The van der Waals surface area contributed by atoms with Crippen LogP contribution >= 0.6 is 27.3 Å². The number of hydrogen-bond donors (Lipinski definition) is 2. The number of sulfonamides is 1. The normalized spacial score (nSPS) is 13.7. The van der Waals surface area contributed by atoms with E-state index in [2.05, 4.69) is 26.0 Å². The summed E-state index contributed by atoms with van der Waals surface area (Å²) in [6.07, 6.45) is 0.726. The maximum Gasteiger partial charge on any atom is 0.215 e. The monoisotopic (exact) mass is 354 g/mol. The molecule has 0 saturated heterocycles. The summed E-state index contributed by atoms with van der Waals surface area (Å²) < 4.78 is 27.5. The van der Waals surface area contributed by atoms with E-state index in [-0.39, 0.29) is 0 Å². The molecular formula is C11H19BrN2O2S2. The minimum Gasteiger partial charge on any atom is -0.316 e. The molecule has 1 rings (SSSR count). The molecule has 1 unspecified atom stereocenters. The van der Waals surface area contributed by atoms with Gasteiger partial charge in [-0.3, -0.25) is 0 Å². The average Bonchev–Trinajstić information content (AvgIpc) is 2.71. The summed E-state index contributed by atoms with van der Waals surface area (Å²) in [4.78, 5) is 1.17. The van der Waals surface area contributed by atoms with E-state index in [9.17, 15) is 8.42 Å². The van der Waals surface area contributed by atoms with Gasteiger partial charge in [-0.2, -0.15) is 0 Å². The highest BCUT2D eigenvalue weighted by molar-refractivity contribution is 9.11. The number of rotatable bonds is 8. The van der Waals surface area contributed by atoms with Crippen molar-refractivity contribution in [2.45, 2.75) is 25.5 Å². The average molecular weight is 355 g/mol. The van der Waals surface area contributed by atoms with Gasteiger partial charge in [0, 0.05) is 18.0 Å². The third-order valence-corrected chi connectivity index (χ3v) is 6.03. The molecule has 0 radical (unpaired) electrons. The smallest absolute Gasteiger partial charge is 0.215 e. The Morgan fingerprint density at radius 1 is 1.44 bits per heavy atom. The van der Waals surface area contributed by atoms with Gasteiger partial charge in [-0.25, -0.2) is 13.1 Å². The zero-order chi connectivity index (χ0) is 13.6. The van der Waals surface area contributed by atoms with E-state index in [1.54, 1.807) is 18.3 Å². The first-order chi connectivity index (χ1) is 8.45. The standard InChI is InChI=1S/C11H19BrN2O2S2/c1-3-13-8-9(2)18(15,16)14-7-6-10-4-5-11(12)17-10/h4-5,9,13-14H,3,6-8H2,1-2H3. The van der Waals surface area contributed by atoms with Crippen molar-refractivity contribution in [3.63, 3.8) is 0 Å². The lowest BCUT2D eigenvalue weighted by atomic mass is 10.3. The Morgan fingerprint density at radius 2 is 2.17 bits per heavy atom. The van der Waals surface area contributed by atoms with E-state index in [0.717, 1.165) is 16.8 Å². The number of nitrogens with one attached hydrogen (secondary N) is 2. The Kier molecular flexibility index (Phi) is 6.79. The Hall–Kier alpha value is 0.0500. The molecule has 0 spiro atoms. The fraction of sp³-hybridized carbons (Fsp3) is 0.636. The predicted octanol–water partition coefficient (Wildman–Crippen LogP) is 1.97. The second-order valence-electron chi connectivity index (χ2n) is 4.01. The van der Waals surface area contributed by atoms with Gasteiger partial charge < -0.3 is 5.32 Å². The van der Waals surface area contributed by atoms with Crippen molar-refractivity contribution < 1.29 is 8.42 Å². The molecule has 1 heterocycles. The molecule has 1 aromatic heterocycles. The second-order valence-corrected chi connectivity index (χ2v) is 8.74. The van der Waals surface area contributed by atoms with Crippen molar-refractivity contribution in [2.24, 2.45) is 0 Å². The summed E-state index contributed by atoms with van der Waals surface area (Å²) in [5.74, 6) is 0. The van der Waals surface area contributed by atoms with Crippen molar-refractivity contribution in [1.82, 2.24) is 10.0 Å². The van der Waals surface area contributed by atoms with Gasteiger partial charge in [0.05, 0.1) is 9.04 Å². The maximum atomic E-state index is 11.9. The minimum atomic E-state index is -3.22. The van der Waals surface area contributed by atoms with Crippen LogP contribution in [0.4, 0.5) is 0 Å². The summed E-state index contributed by atoms with van der Waals surface area (Å²) in [5, 5.41) is 2.63. The molecule has 0 saturated carbocycles. The number of hydrogen-bond acceptors (Lipinski definition) is 4. The van der Waals surface area contributed by atoms with Crippen LogP contribution in [0, 0.1) is 0 Å². The molecule has 18 heavy (non-hydrogen) atoms. The van der Waals surface area contributed by atoms with Crippen LogP contribution < -0.4 is 10.0 Å². The zero-order valence-corrected chi connectivity index (χ0v) is 13.8. The molecule has 2 N–H and O–H groups in total. The molecule has 4 nitrogen and oxygen atoms in total. The predicted molar refractivity (Wildman–Crippen MR) is 80.7 cm³/mol. The molecule has 1 aromatic rings. The van der Waals surface area contributed by atoms with Crippen LogP contribution in [-0.2, 0) is 16.4 Å². The molecule has 0 fully saturated rings. The van der Waals surface area contributed by atoms with Gasteiger partial charge in [0.15, 0.2) is 0 Å². The van der Waals surface area contributed by atoms with Crippen LogP contribution in [0.15, 0.2) is 15.9 Å². The van der Waals surface area contributed by atoms with Crippen LogP contribution in [0.5, 0.6) is 0 Å². The molecule has 0 bridgehead atoms. The van der Waals surface area contributed by atoms with Crippen molar-refractivity contribution in [1.29, 1.82) is 0 Å². The summed E-state index contributed by atoms with van der Waals surface area (Å²) in [6, 6.07) is 3.98. The van der Waals surface area contributed by atoms with E-state index < -0.39 is 15.3 Å². The molecule has 0 aliphatic carbocycles. The van der Waals surface area contributed by atoms with E-state index in [1.807, 2.05) is 19.1 Å². The van der Waals surface area contributed by atoms with Gasteiger partial charge in [0.2, 0.25) is 10.0 Å². The van der Waals surface area contributed by atoms with Crippen LogP contribution in [-0.4, -0.2) is 33.3 Å². The topological polar surface area (TPSA) is 58.2 Å². The molecule has 104 valence electrons. The van der Waals surface area contributed by atoms with Crippen molar-refractivity contribution >= 4 is 37.3 Å². The molecular weight excluding hydrogens is 336 g/mol. The molecule has 0 amide bonds. The molecule has 1 atom stereocenters. The maximum absolute atomic E-state index is 11.9. The van der Waals surface area contributed by atoms with E-state index in [0.29, 0.717) is 13.1 Å². The van der Waals surface area contributed by atoms with Gasteiger partial charge in [-0.1, -0.05) is 6.92 Å². The summed E-state index contributed by atoms with van der Waals surface area (Å²) >= 11 is 5.02. The first-order valence-electron chi connectivity index (χ1n) is 5.89. The van der Waals surface area contributed by atoms with Crippen molar-refractivity contribution in [3.8, 4) is 0 Å². The van der Waals surface area contributed by atoms with Crippen LogP contribution in [0.3, 0.4) is 0 Å². The third kappa shape index (κ3) is 5.36. The quantitative estimate of drug-likeness (QED) is 0.750. The first kappa shape index (κ1) is 16.1. The summed E-state index contributed by atoms with van der Waals surface area (Å²) in [7, 11) is -3.22. The SMILES string of the molecule is CCNCC(C)S(=O)(=O)NCCc1ccc(Br)s1. The van der Waals surface area contributed by atoms with E-state index in [1.165, 1.54) is 4.88 Å². The first-order valence-corrected chi connectivity index (χ1v) is 9.04. The van der Waals surface area contributed by atoms with Crippen molar-refractivity contribution in [2.75, 3.05) is 19.6 Å². The Balaban J connectivity index is 2.37. The van der Waals surface area contributed by atoms with Gasteiger partial charge in [0.1, 0.15) is 0 Å². The molecule has 0 aromatic carbocycles. The van der Waals surface area contributed by atoms with E-state index >= 15 is 0 Å². The largest absolute Gasteiger partial charge is 0.316 e. The third-order valence-electron chi connectivity index (χ3n) is 2.52. The highest BCUT2D eigenvalue weighted by Gasteiger charge is 2.19. The van der Waals surface area contributed by atoms with Crippen molar-refractivity contribution in [3.05, 3.63) is 20.8 Å². The lowest BCUT2D eigenvalue weighted by Gasteiger charge is -2.13. The van der Waals surface area contributed by atoms with Crippen LogP contribution in [0.2, 0.25) is 0 Å². The van der Waals surface area contributed by atoms with Crippen LogP contribution in [0.1, 0.15) is 18.7 Å². The van der Waals surface area contributed by atoms with Crippen LogP contribution in [0.25, 0.3) is 0 Å². The summed E-state index contributed by atoms with van der Waals surface area (Å²) in [6.45, 7) is 5.39. The number of halogens is 1. The minimum absolute atomic E-state index is 0.410. The fourth-order valence-corrected chi connectivity index (χ4v) is 3.89.